The van der Waals surface area contributed by atoms with Crippen molar-refractivity contribution in [2.45, 2.75) is 31.5 Å². The van der Waals surface area contributed by atoms with E-state index in [1.807, 2.05) is 0 Å². The van der Waals surface area contributed by atoms with E-state index in [-0.39, 0.29) is 41.9 Å². The number of fused-ring (bicyclic) bond motifs is 1. The molecule has 29 heavy (non-hydrogen) atoms. The molecule has 0 saturated carbocycles. The minimum atomic E-state index is -1.88. The van der Waals surface area contributed by atoms with Crippen molar-refractivity contribution in [3.05, 3.63) is 27.7 Å². The van der Waals surface area contributed by atoms with Gasteiger partial charge in [-0.3, -0.25) is 4.57 Å². The first-order chi connectivity index (χ1) is 13.8. The van der Waals surface area contributed by atoms with Crippen molar-refractivity contribution in [2.75, 3.05) is 33.5 Å². The van der Waals surface area contributed by atoms with Gasteiger partial charge in [-0.25, -0.2) is 9.59 Å². The standard InChI is InChI=1S/C18H25ClN2O8/c1-11(8-26-2)28-14-7-15-13(6-12(14)19)21(17(25)29-15)9-18(20,10-23)16(24)27-5-3-4-22/h6-7,11,22-23H,3-5,8-10,20H2,1-2H3. The number of benzene rings is 1. The summed E-state index contributed by atoms with van der Waals surface area (Å²) in [4.78, 5) is 24.6. The number of ether oxygens (including phenoxy) is 3. The molecule has 0 spiro atoms. The Labute approximate surface area is 171 Å². The average Bonchev–Trinajstić information content (AvgIpc) is 2.96. The number of nitrogens with two attached hydrogens (primary N) is 1. The summed E-state index contributed by atoms with van der Waals surface area (Å²) in [7, 11) is 1.54. The highest BCUT2D eigenvalue weighted by Gasteiger charge is 2.37. The molecule has 1 aromatic carbocycles. The van der Waals surface area contributed by atoms with Gasteiger partial charge in [0, 0.05) is 26.2 Å². The number of carbonyl (C=O) groups excluding carboxylic acids is 1. The Morgan fingerprint density at radius 1 is 1.41 bits per heavy atom. The van der Waals surface area contributed by atoms with Crippen LogP contribution >= 0.6 is 11.6 Å². The largest absolute Gasteiger partial charge is 0.487 e. The third kappa shape index (κ3) is 5.49. The van der Waals surface area contributed by atoms with Crippen molar-refractivity contribution in [1.82, 2.24) is 4.57 Å². The van der Waals surface area contributed by atoms with Gasteiger partial charge in [0.2, 0.25) is 0 Å². The molecular weight excluding hydrogens is 408 g/mol. The summed E-state index contributed by atoms with van der Waals surface area (Å²) in [5.74, 6) is -1.40. The number of methoxy groups -OCH3 is 1. The second-order valence-electron chi connectivity index (χ2n) is 6.62. The quantitative estimate of drug-likeness (QED) is 0.336. The van der Waals surface area contributed by atoms with Gasteiger partial charge in [-0.2, -0.15) is 0 Å². The Morgan fingerprint density at radius 2 is 2.14 bits per heavy atom. The summed E-state index contributed by atoms with van der Waals surface area (Å²) in [5.41, 5.74) is 4.55. The van der Waals surface area contributed by atoms with Crippen molar-refractivity contribution in [3.8, 4) is 5.75 Å². The van der Waals surface area contributed by atoms with E-state index in [9.17, 15) is 14.7 Å². The van der Waals surface area contributed by atoms with Gasteiger partial charge in [0.15, 0.2) is 11.1 Å². The second-order valence-corrected chi connectivity index (χ2v) is 7.02. The fourth-order valence-corrected chi connectivity index (χ4v) is 2.83. The molecular formula is C18H25ClN2O8. The SMILES string of the molecule is COCC(C)Oc1cc2oc(=O)n(CC(N)(CO)C(=O)OCCCO)c2cc1Cl. The van der Waals surface area contributed by atoms with Crippen LogP contribution in [0.1, 0.15) is 13.3 Å². The highest BCUT2D eigenvalue weighted by atomic mass is 35.5. The molecule has 1 aromatic heterocycles. The molecule has 2 aromatic rings. The number of oxazole rings is 1. The molecule has 0 bridgehead atoms. The number of aliphatic hydroxyl groups excluding tert-OH is 2. The number of hydrogen-bond donors (Lipinski definition) is 3. The maximum absolute atomic E-state index is 12.3. The van der Waals surface area contributed by atoms with Gasteiger partial charge in [-0.15, -0.1) is 0 Å². The highest BCUT2D eigenvalue weighted by Crippen LogP contribution is 2.31. The van der Waals surface area contributed by atoms with Gasteiger partial charge in [-0.1, -0.05) is 11.6 Å². The fraction of sp³-hybridized carbons (Fsp3) is 0.556. The first-order valence-corrected chi connectivity index (χ1v) is 9.29. The summed E-state index contributed by atoms with van der Waals surface area (Å²) in [6.07, 6.45) is -0.0645. The number of aliphatic hydroxyl groups is 2. The molecule has 11 heteroatoms. The zero-order valence-electron chi connectivity index (χ0n) is 16.2. The molecule has 0 aliphatic carbocycles. The molecule has 10 nitrogen and oxygen atoms in total. The van der Waals surface area contributed by atoms with Gasteiger partial charge in [0.1, 0.15) is 11.9 Å². The maximum Gasteiger partial charge on any atom is 0.420 e. The van der Waals surface area contributed by atoms with E-state index in [1.165, 1.54) is 12.1 Å². The molecule has 1 heterocycles. The third-order valence-corrected chi connectivity index (χ3v) is 4.41. The number of hydrogen-bond acceptors (Lipinski definition) is 9. The molecule has 0 radical (unpaired) electrons. The van der Waals surface area contributed by atoms with Crippen LogP contribution < -0.4 is 16.2 Å². The summed E-state index contributed by atoms with van der Waals surface area (Å²) in [6.45, 7) is 0.725. The van der Waals surface area contributed by atoms with Crippen LogP contribution in [0.15, 0.2) is 21.3 Å². The Bertz CT molecular complexity index is 896. The number of aromatic nitrogens is 1. The van der Waals surface area contributed by atoms with Crippen molar-refractivity contribution < 1.29 is 33.6 Å². The minimum absolute atomic E-state index is 0.0680. The van der Waals surface area contributed by atoms with Crippen molar-refractivity contribution in [2.24, 2.45) is 5.73 Å². The Balaban J connectivity index is 2.33. The zero-order valence-corrected chi connectivity index (χ0v) is 17.0. The van der Waals surface area contributed by atoms with Crippen LogP contribution in [-0.2, 0) is 20.8 Å². The summed E-state index contributed by atoms with van der Waals surface area (Å²) in [5, 5.41) is 18.6. The van der Waals surface area contributed by atoms with Crippen LogP contribution in [0, 0.1) is 0 Å². The Hall–Kier alpha value is -2.11. The normalized spacial score (nSPS) is 14.6. The lowest BCUT2D eigenvalue weighted by atomic mass is 10.0. The van der Waals surface area contributed by atoms with E-state index in [4.69, 9.17) is 41.1 Å². The molecule has 0 aliphatic heterocycles. The van der Waals surface area contributed by atoms with E-state index >= 15 is 0 Å². The van der Waals surface area contributed by atoms with Crippen molar-refractivity contribution in [1.29, 1.82) is 0 Å². The molecule has 4 N–H and O–H groups in total. The third-order valence-electron chi connectivity index (χ3n) is 4.12. The number of rotatable bonds is 11. The Morgan fingerprint density at radius 3 is 2.76 bits per heavy atom. The van der Waals surface area contributed by atoms with Gasteiger partial charge < -0.3 is 34.6 Å². The molecule has 162 valence electrons. The summed E-state index contributed by atoms with van der Waals surface area (Å²) >= 11 is 6.26. The lowest BCUT2D eigenvalue weighted by Gasteiger charge is -2.25. The van der Waals surface area contributed by atoms with E-state index < -0.39 is 30.4 Å². The average molecular weight is 433 g/mol. The highest BCUT2D eigenvalue weighted by molar-refractivity contribution is 6.32. The minimum Gasteiger partial charge on any atom is -0.487 e. The summed E-state index contributed by atoms with van der Waals surface area (Å²) in [6, 6.07) is 2.91. The first-order valence-electron chi connectivity index (χ1n) is 8.92. The molecule has 0 fully saturated rings. The fourth-order valence-electron chi connectivity index (χ4n) is 2.62. The molecule has 2 rings (SSSR count). The predicted molar refractivity (Wildman–Crippen MR) is 104 cm³/mol. The number of esters is 1. The van der Waals surface area contributed by atoms with Crippen LogP contribution in [0.25, 0.3) is 11.1 Å². The molecule has 0 amide bonds. The van der Waals surface area contributed by atoms with Gasteiger partial charge >= 0.3 is 11.7 Å². The Kier molecular flexibility index (Phi) is 8.05. The van der Waals surface area contributed by atoms with Gasteiger partial charge in [-0.05, 0) is 13.0 Å². The van der Waals surface area contributed by atoms with Crippen molar-refractivity contribution in [3.63, 3.8) is 0 Å². The first kappa shape index (κ1) is 23.2. The van der Waals surface area contributed by atoms with Gasteiger partial charge in [0.25, 0.3) is 0 Å². The second kappa shape index (κ2) is 10.1. The zero-order chi connectivity index (χ0) is 21.6. The van der Waals surface area contributed by atoms with E-state index in [1.54, 1.807) is 14.0 Å². The number of carbonyl (C=O) groups is 1. The van der Waals surface area contributed by atoms with Crippen molar-refractivity contribution >= 4 is 28.7 Å². The van der Waals surface area contributed by atoms with Crippen LogP contribution in [0.2, 0.25) is 5.02 Å². The lowest BCUT2D eigenvalue weighted by Crippen LogP contribution is -2.56. The lowest BCUT2D eigenvalue weighted by molar-refractivity contribution is -0.152. The molecule has 0 saturated heterocycles. The van der Waals surface area contributed by atoms with Crippen LogP contribution in [0.4, 0.5) is 0 Å². The predicted octanol–water partition coefficient (Wildman–Crippen LogP) is 0.277. The van der Waals surface area contributed by atoms with E-state index in [2.05, 4.69) is 0 Å². The van der Waals surface area contributed by atoms with E-state index in [0.29, 0.717) is 12.4 Å². The van der Waals surface area contributed by atoms with Crippen LogP contribution in [0.5, 0.6) is 5.75 Å². The molecule has 2 atom stereocenters. The number of halogens is 1. The van der Waals surface area contributed by atoms with Crippen LogP contribution in [0.3, 0.4) is 0 Å². The maximum atomic E-state index is 12.3. The number of nitrogens with zero attached hydrogens (tertiary/aromatic N) is 1. The monoisotopic (exact) mass is 432 g/mol. The van der Waals surface area contributed by atoms with Gasteiger partial charge in [0.05, 0.1) is 36.9 Å². The smallest absolute Gasteiger partial charge is 0.420 e. The topological polar surface area (TPSA) is 146 Å². The van der Waals surface area contributed by atoms with Crippen LogP contribution in [-0.4, -0.2) is 65.9 Å². The molecule has 0 aliphatic rings. The summed E-state index contributed by atoms with van der Waals surface area (Å²) < 4.78 is 22.0. The molecule has 2 unspecified atom stereocenters. The van der Waals surface area contributed by atoms with E-state index in [0.717, 1.165) is 4.57 Å².